The zero-order valence-corrected chi connectivity index (χ0v) is 16.4. The molecule has 2 aliphatic rings. The highest BCUT2D eigenvalue weighted by atomic mass is 16.7. The van der Waals surface area contributed by atoms with Crippen molar-refractivity contribution in [2.24, 2.45) is 0 Å². The number of nitrogens with one attached hydrogen (secondary N) is 1. The first-order chi connectivity index (χ1) is 14.2. The van der Waals surface area contributed by atoms with Gasteiger partial charge in [-0.05, 0) is 36.4 Å². The van der Waals surface area contributed by atoms with Crippen LogP contribution < -0.4 is 29.2 Å². The van der Waals surface area contributed by atoms with Gasteiger partial charge >= 0.3 is 6.03 Å². The molecule has 0 aromatic heterocycles. The second-order valence-electron chi connectivity index (χ2n) is 6.77. The summed E-state index contributed by atoms with van der Waals surface area (Å²) in [5.41, 5.74) is 1.14. The highest BCUT2D eigenvalue weighted by molar-refractivity contribution is 5.74. The molecule has 0 radical (unpaired) electrons. The average molecular weight is 399 g/mol. The molecule has 1 N–H and O–H groups in total. The zero-order chi connectivity index (χ0) is 20.1. The lowest BCUT2D eigenvalue weighted by molar-refractivity contribution is 0.173. The van der Waals surface area contributed by atoms with Crippen LogP contribution in [0, 0.1) is 0 Å². The van der Waals surface area contributed by atoms with E-state index in [9.17, 15) is 4.79 Å². The van der Waals surface area contributed by atoms with Crippen LogP contribution in [0.1, 0.15) is 0 Å². The third kappa shape index (κ3) is 4.59. The van der Waals surface area contributed by atoms with Crippen LogP contribution in [-0.4, -0.2) is 64.2 Å². The van der Waals surface area contributed by atoms with Gasteiger partial charge in [-0.1, -0.05) is 0 Å². The minimum atomic E-state index is -0.0614. The van der Waals surface area contributed by atoms with Gasteiger partial charge in [0, 0.05) is 37.9 Å². The number of urea groups is 1. The Balaban J connectivity index is 1.17. The summed E-state index contributed by atoms with van der Waals surface area (Å²) in [6.45, 7) is 4.02. The largest absolute Gasteiger partial charge is 0.497 e. The summed E-state index contributed by atoms with van der Waals surface area (Å²) in [6.07, 6.45) is 0. The molecule has 154 valence electrons. The van der Waals surface area contributed by atoms with Gasteiger partial charge in [-0.3, -0.25) is 0 Å². The van der Waals surface area contributed by atoms with Crippen LogP contribution in [0.15, 0.2) is 42.5 Å². The fourth-order valence-electron chi connectivity index (χ4n) is 3.37. The fraction of sp³-hybridized carbons (Fsp3) is 0.381. The molecule has 2 aromatic rings. The molecule has 2 amide bonds. The molecule has 0 bridgehead atoms. The molecular weight excluding hydrogens is 374 g/mol. The standard InChI is InChI=1S/C21H25N3O5/c1-26-17-4-2-16(3-5-17)23-9-11-24(12-10-23)21(25)22-8-13-27-18-6-7-19-20(14-18)29-15-28-19/h2-7,14H,8-13,15H2,1H3,(H,22,25). The van der Waals surface area contributed by atoms with Crippen molar-refractivity contribution < 1.29 is 23.7 Å². The Morgan fingerprint density at radius 2 is 1.72 bits per heavy atom. The van der Waals surface area contributed by atoms with E-state index >= 15 is 0 Å². The summed E-state index contributed by atoms with van der Waals surface area (Å²) in [5, 5.41) is 2.92. The number of nitrogens with zero attached hydrogens (tertiary/aromatic N) is 2. The van der Waals surface area contributed by atoms with Gasteiger partial charge in [-0.25, -0.2) is 4.79 Å². The number of fused-ring (bicyclic) bond motifs is 1. The molecule has 0 aliphatic carbocycles. The lowest BCUT2D eigenvalue weighted by Crippen LogP contribution is -2.52. The van der Waals surface area contributed by atoms with Crippen LogP contribution >= 0.6 is 0 Å². The molecule has 8 nitrogen and oxygen atoms in total. The van der Waals surface area contributed by atoms with Gasteiger partial charge in [0.1, 0.15) is 18.1 Å². The SMILES string of the molecule is COc1ccc(N2CCN(C(=O)NCCOc3ccc4c(c3)OCO4)CC2)cc1. The quantitative estimate of drug-likeness (QED) is 0.752. The van der Waals surface area contributed by atoms with Crippen molar-refractivity contribution in [1.29, 1.82) is 0 Å². The van der Waals surface area contributed by atoms with Gasteiger partial charge in [0.25, 0.3) is 0 Å². The lowest BCUT2D eigenvalue weighted by atomic mass is 10.2. The molecule has 8 heteroatoms. The third-order valence-electron chi connectivity index (χ3n) is 5.00. The Bertz CT molecular complexity index is 835. The monoisotopic (exact) mass is 399 g/mol. The summed E-state index contributed by atoms with van der Waals surface area (Å²) in [7, 11) is 1.66. The lowest BCUT2D eigenvalue weighted by Gasteiger charge is -2.36. The molecule has 0 atom stereocenters. The highest BCUT2D eigenvalue weighted by Crippen LogP contribution is 2.35. The number of carbonyl (C=O) groups excluding carboxylic acids is 1. The second-order valence-corrected chi connectivity index (χ2v) is 6.77. The van der Waals surface area contributed by atoms with Crippen LogP contribution in [0.5, 0.6) is 23.0 Å². The van der Waals surface area contributed by atoms with E-state index in [1.807, 2.05) is 41.3 Å². The van der Waals surface area contributed by atoms with E-state index in [2.05, 4.69) is 10.2 Å². The topological polar surface area (TPSA) is 72.5 Å². The molecule has 2 aromatic carbocycles. The first kappa shape index (κ1) is 19.0. The Kier molecular flexibility index (Phi) is 5.79. The predicted octanol–water partition coefficient (Wildman–Crippen LogP) is 2.33. The molecule has 29 heavy (non-hydrogen) atoms. The van der Waals surface area contributed by atoms with Crippen molar-refractivity contribution in [2.45, 2.75) is 0 Å². The van der Waals surface area contributed by atoms with Crippen molar-refractivity contribution in [1.82, 2.24) is 10.2 Å². The first-order valence-electron chi connectivity index (χ1n) is 9.67. The number of amides is 2. The second kappa shape index (κ2) is 8.81. The molecule has 0 spiro atoms. The van der Waals surface area contributed by atoms with E-state index in [0.717, 1.165) is 30.3 Å². The van der Waals surface area contributed by atoms with E-state index in [1.54, 1.807) is 13.2 Å². The molecule has 1 fully saturated rings. The zero-order valence-electron chi connectivity index (χ0n) is 16.4. The van der Waals surface area contributed by atoms with Crippen molar-refractivity contribution >= 4 is 11.7 Å². The smallest absolute Gasteiger partial charge is 0.317 e. The maximum absolute atomic E-state index is 12.4. The van der Waals surface area contributed by atoms with Crippen molar-refractivity contribution in [3.8, 4) is 23.0 Å². The number of rotatable bonds is 6. The number of anilines is 1. The summed E-state index contributed by atoms with van der Waals surface area (Å²) in [5.74, 6) is 2.94. The predicted molar refractivity (Wildman–Crippen MR) is 108 cm³/mol. The summed E-state index contributed by atoms with van der Waals surface area (Å²) >= 11 is 0. The Hall–Kier alpha value is -3.29. The molecule has 0 unspecified atom stereocenters. The van der Waals surface area contributed by atoms with Crippen LogP contribution in [-0.2, 0) is 0 Å². The van der Waals surface area contributed by atoms with Gasteiger partial charge < -0.3 is 34.1 Å². The average Bonchev–Trinajstić information content (AvgIpc) is 3.25. The number of methoxy groups -OCH3 is 1. The minimum absolute atomic E-state index is 0.0614. The van der Waals surface area contributed by atoms with Gasteiger partial charge in [-0.2, -0.15) is 0 Å². The Morgan fingerprint density at radius 1 is 1.00 bits per heavy atom. The molecule has 2 heterocycles. The van der Waals surface area contributed by atoms with Crippen LogP contribution in [0.25, 0.3) is 0 Å². The number of piperazine rings is 1. The number of ether oxygens (including phenoxy) is 4. The molecular formula is C21H25N3O5. The number of carbonyl (C=O) groups is 1. The summed E-state index contributed by atoms with van der Waals surface area (Å²) in [4.78, 5) is 16.5. The van der Waals surface area contributed by atoms with Gasteiger partial charge in [0.2, 0.25) is 6.79 Å². The van der Waals surface area contributed by atoms with E-state index < -0.39 is 0 Å². The van der Waals surface area contributed by atoms with Gasteiger partial charge in [0.05, 0.1) is 13.7 Å². The van der Waals surface area contributed by atoms with Crippen molar-refractivity contribution in [2.75, 3.05) is 58.1 Å². The van der Waals surface area contributed by atoms with Crippen molar-refractivity contribution in [3.63, 3.8) is 0 Å². The van der Waals surface area contributed by atoms with Crippen LogP contribution in [0.2, 0.25) is 0 Å². The molecule has 4 rings (SSSR count). The van der Waals surface area contributed by atoms with E-state index in [0.29, 0.717) is 37.7 Å². The first-order valence-corrected chi connectivity index (χ1v) is 9.67. The highest BCUT2D eigenvalue weighted by Gasteiger charge is 2.21. The molecule has 2 aliphatic heterocycles. The Morgan fingerprint density at radius 3 is 2.48 bits per heavy atom. The van der Waals surface area contributed by atoms with Crippen LogP contribution in [0.4, 0.5) is 10.5 Å². The minimum Gasteiger partial charge on any atom is -0.497 e. The summed E-state index contributed by atoms with van der Waals surface area (Å²) in [6, 6.07) is 13.4. The third-order valence-corrected chi connectivity index (χ3v) is 5.00. The fourth-order valence-corrected chi connectivity index (χ4v) is 3.37. The van der Waals surface area contributed by atoms with E-state index in [1.165, 1.54) is 0 Å². The maximum Gasteiger partial charge on any atom is 0.317 e. The van der Waals surface area contributed by atoms with E-state index in [-0.39, 0.29) is 12.8 Å². The molecule has 1 saturated heterocycles. The van der Waals surface area contributed by atoms with Crippen LogP contribution in [0.3, 0.4) is 0 Å². The number of hydrogen-bond donors (Lipinski definition) is 1. The van der Waals surface area contributed by atoms with Crippen molar-refractivity contribution in [3.05, 3.63) is 42.5 Å². The van der Waals surface area contributed by atoms with E-state index in [4.69, 9.17) is 18.9 Å². The normalized spacial score (nSPS) is 15.2. The Labute approximate surface area is 169 Å². The number of hydrogen-bond acceptors (Lipinski definition) is 6. The van der Waals surface area contributed by atoms with Gasteiger partial charge in [-0.15, -0.1) is 0 Å². The number of benzene rings is 2. The maximum atomic E-state index is 12.4. The van der Waals surface area contributed by atoms with Gasteiger partial charge in [0.15, 0.2) is 11.5 Å². The molecule has 0 saturated carbocycles. The summed E-state index contributed by atoms with van der Waals surface area (Å²) < 4.78 is 21.5.